The van der Waals surface area contributed by atoms with Crippen LogP contribution in [0.4, 0.5) is 0 Å². The van der Waals surface area contributed by atoms with Gasteiger partial charge in [0.1, 0.15) is 0 Å². The maximum Gasteiger partial charge on any atom is 0.303 e. The second-order valence-electron chi connectivity index (χ2n) is 6.20. The fourth-order valence-corrected chi connectivity index (χ4v) is 5.68. The average Bonchev–Trinajstić information content (AvgIpc) is 3.08. The normalized spacial score (nSPS) is 29.8. The van der Waals surface area contributed by atoms with Gasteiger partial charge in [0.25, 0.3) is 0 Å². The largest absolute Gasteiger partial charge is 0.481 e. The Morgan fingerprint density at radius 2 is 1.95 bits per heavy atom. The lowest BCUT2D eigenvalue weighted by Crippen LogP contribution is -2.29. The van der Waals surface area contributed by atoms with E-state index in [1.807, 2.05) is 29.6 Å². The highest BCUT2D eigenvalue weighted by Gasteiger charge is 2.47. The van der Waals surface area contributed by atoms with Crippen LogP contribution in [0.2, 0.25) is 0 Å². The molecule has 2 heterocycles. The molecule has 2 bridgehead atoms. The van der Waals surface area contributed by atoms with Crippen LogP contribution in [0.15, 0.2) is 12.7 Å². The van der Waals surface area contributed by atoms with E-state index in [4.69, 9.17) is 9.84 Å². The zero-order chi connectivity index (χ0) is 15.8. The molecule has 0 aromatic heterocycles. The number of carboxylic acid groups (broad SMARTS) is 1. The van der Waals surface area contributed by atoms with Gasteiger partial charge < -0.3 is 9.84 Å². The van der Waals surface area contributed by atoms with Gasteiger partial charge in [-0.05, 0) is 61.2 Å². The molecule has 126 valence electrons. The van der Waals surface area contributed by atoms with Crippen LogP contribution < -0.4 is 0 Å². The molecule has 0 aliphatic carbocycles. The molecule has 2 fully saturated rings. The summed E-state index contributed by atoms with van der Waals surface area (Å²) in [6, 6.07) is 0. The number of carboxylic acids is 1. The summed E-state index contributed by atoms with van der Waals surface area (Å²) in [5.74, 6) is 5.32. The van der Waals surface area contributed by atoms with E-state index in [0.29, 0.717) is 18.6 Å². The second-order valence-corrected chi connectivity index (χ2v) is 8.50. The molecule has 0 aromatic rings. The van der Waals surface area contributed by atoms with Crippen LogP contribution in [-0.4, -0.2) is 46.3 Å². The summed E-state index contributed by atoms with van der Waals surface area (Å²) < 4.78 is 6.14. The Morgan fingerprint density at radius 3 is 2.68 bits per heavy atom. The topological polar surface area (TPSA) is 46.5 Å². The molecule has 0 amide bonds. The average molecular weight is 345 g/mol. The number of carbonyl (C=O) groups is 1. The number of hydrogen-bond donors (Lipinski definition) is 1. The minimum Gasteiger partial charge on any atom is -0.481 e. The first kappa shape index (κ1) is 18.2. The van der Waals surface area contributed by atoms with Crippen LogP contribution in [0.25, 0.3) is 0 Å². The Morgan fingerprint density at radius 1 is 1.18 bits per heavy atom. The first-order chi connectivity index (χ1) is 10.7. The van der Waals surface area contributed by atoms with E-state index in [0.717, 1.165) is 36.2 Å². The Kier molecular flexibility index (Phi) is 8.18. The SMILES string of the molecule is C=CCSC[C@H]1[C@@H](CCSCCCCC(=O)O)[C@H]2CC[C@@H]1O2. The summed E-state index contributed by atoms with van der Waals surface area (Å²) in [7, 11) is 0. The van der Waals surface area contributed by atoms with Crippen molar-refractivity contribution in [2.45, 2.75) is 50.7 Å². The van der Waals surface area contributed by atoms with Gasteiger partial charge in [0.15, 0.2) is 0 Å². The molecule has 0 spiro atoms. The predicted octanol–water partition coefficient (Wildman–Crippen LogP) is 4.08. The minimum atomic E-state index is -0.677. The van der Waals surface area contributed by atoms with Gasteiger partial charge in [0.2, 0.25) is 0 Å². The molecular formula is C17H28O3S2. The van der Waals surface area contributed by atoms with Crippen molar-refractivity contribution in [2.75, 3.05) is 23.0 Å². The van der Waals surface area contributed by atoms with Crippen molar-refractivity contribution >= 4 is 29.5 Å². The molecule has 0 radical (unpaired) electrons. The number of ether oxygens (including phenoxy) is 1. The van der Waals surface area contributed by atoms with Crippen LogP contribution in [0.3, 0.4) is 0 Å². The van der Waals surface area contributed by atoms with E-state index in [-0.39, 0.29) is 0 Å². The van der Waals surface area contributed by atoms with Crippen LogP contribution in [0, 0.1) is 11.8 Å². The van der Waals surface area contributed by atoms with Gasteiger partial charge in [-0.1, -0.05) is 6.08 Å². The molecular weight excluding hydrogens is 316 g/mol. The first-order valence-corrected chi connectivity index (χ1v) is 10.7. The lowest BCUT2D eigenvalue weighted by molar-refractivity contribution is -0.137. The van der Waals surface area contributed by atoms with Crippen molar-refractivity contribution in [1.82, 2.24) is 0 Å². The number of hydrogen-bond acceptors (Lipinski definition) is 4. The monoisotopic (exact) mass is 344 g/mol. The molecule has 0 unspecified atom stereocenters. The first-order valence-electron chi connectivity index (χ1n) is 8.36. The van der Waals surface area contributed by atoms with E-state index in [9.17, 15) is 4.79 Å². The van der Waals surface area contributed by atoms with Crippen molar-refractivity contribution in [2.24, 2.45) is 11.8 Å². The van der Waals surface area contributed by atoms with Crippen LogP contribution in [-0.2, 0) is 9.53 Å². The quantitative estimate of drug-likeness (QED) is 0.427. The van der Waals surface area contributed by atoms with E-state index in [1.165, 1.54) is 30.8 Å². The van der Waals surface area contributed by atoms with E-state index < -0.39 is 5.97 Å². The van der Waals surface area contributed by atoms with Crippen molar-refractivity contribution in [3.63, 3.8) is 0 Å². The Bertz CT molecular complexity index is 362. The fourth-order valence-electron chi connectivity index (χ4n) is 3.59. The van der Waals surface area contributed by atoms with Crippen LogP contribution in [0.1, 0.15) is 38.5 Å². The van der Waals surface area contributed by atoms with Crippen LogP contribution in [0.5, 0.6) is 0 Å². The van der Waals surface area contributed by atoms with Gasteiger partial charge in [-0.2, -0.15) is 23.5 Å². The fraction of sp³-hybridized carbons (Fsp3) is 0.824. The maximum atomic E-state index is 10.5. The maximum absolute atomic E-state index is 10.5. The molecule has 2 aliphatic heterocycles. The standard InChI is InChI=1S/C17H28O3S2/c1-2-9-22-12-14-13(15-6-7-16(14)20-15)8-11-21-10-4-3-5-17(18)19/h2,13-16H,1,3-12H2,(H,18,19)/t13-,14+,15-,16+/m1/s1. The number of fused-ring (bicyclic) bond motifs is 2. The summed E-state index contributed by atoms with van der Waals surface area (Å²) >= 11 is 3.96. The third kappa shape index (κ3) is 5.50. The Labute approximate surface area is 142 Å². The van der Waals surface area contributed by atoms with Gasteiger partial charge in [-0.3, -0.25) is 4.79 Å². The third-order valence-corrected chi connectivity index (χ3v) is 6.85. The van der Waals surface area contributed by atoms with Crippen molar-refractivity contribution in [3.05, 3.63) is 12.7 Å². The highest BCUT2D eigenvalue weighted by molar-refractivity contribution is 7.99. The van der Waals surface area contributed by atoms with Crippen molar-refractivity contribution in [1.29, 1.82) is 0 Å². The highest BCUT2D eigenvalue weighted by atomic mass is 32.2. The molecule has 2 aliphatic rings. The summed E-state index contributed by atoms with van der Waals surface area (Å²) in [6.45, 7) is 3.80. The van der Waals surface area contributed by atoms with Gasteiger partial charge >= 0.3 is 5.97 Å². The van der Waals surface area contributed by atoms with Crippen molar-refractivity contribution in [3.8, 4) is 0 Å². The summed E-state index contributed by atoms with van der Waals surface area (Å²) in [5, 5.41) is 8.61. The van der Waals surface area contributed by atoms with Crippen molar-refractivity contribution < 1.29 is 14.6 Å². The third-order valence-electron chi connectivity index (χ3n) is 4.66. The molecule has 0 aromatic carbocycles. The summed E-state index contributed by atoms with van der Waals surface area (Å²) in [5.41, 5.74) is 0. The lowest BCUT2D eigenvalue weighted by atomic mass is 9.79. The Hall–Kier alpha value is -0.130. The molecule has 22 heavy (non-hydrogen) atoms. The Balaban J connectivity index is 1.60. The zero-order valence-electron chi connectivity index (χ0n) is 13.2. The minimum absolute atomic E-state index is 0.309. The number of rotatable bonds is 12. The zero-order valence-corrected chi connectivity index (χ0v) is 14.9. The molecule has 5 heteroatoms. The number of unbranched alkanes of at least 4 members (excludes halogenated alkanes) is 1. The number of aliphatic carboxylic acids is 1. The van der Waals surface area contributed by atoms with Crippen LogP contribution >= 0.6 is 23.5 Å². The van der Waals surface area contributed by atoms with E-state index in [1.54, 1.807) is 0 Å². The lowest BCUT2D eigenvalue weighted by Gasteiger charge is -2.27. The molecule has 2 rings (SSSR count). The molecule has 3 nitrogen and oxygen atoms in total. The highest BCUT2D eigenvalue weighted by Crippen LogP contribution is 2.46. The summed E-state index contributed by atoms with van der Waals surface area (Å²) in [6.07, 6.45) is 8.89. The smallest absolute Gasteiger partial charge is 0.303 e. The second kappa shape index (κ2) is 9.89. The van der Waals surface area contributed by atoms with Gasteiger partial charge in [-0.25, -0.2) is 0 Å². The van der Waals surface area contributed by atoms with Gasteiger partial charge in [0, 0.05) is 12.2 Å². The van der Waals surface area contributed by atoms with E-state index >= 15 is 0 Å². The predicted molar refractivity (Wildman–Crippen MR) is 95.8 cm³/mol. The van der Waals surface area contributed by atoms with Gasteiger partial charge in [-0.15, -0.1) is 6.58 Å². The number of thioether (sulfide) groups is 2. The molecule has 2 saturated heterocycles. The van der Waals surface area contributed by atoms with E-state index in [2.05, 4.69) is 6.58 Å². The summed E-state index contributed by atoms with van der Waals surface area (Å²) in [4.78, 5) is 10.5. The molecule has 4 atom stereocenters. The van der Waals surface area contributed by atoms with Gasteiger partial charge in [0.05, 0.1) is 12.2 Å². The molecule has 1 N–H and O–H groups in total. The molecule has 0 saturated carbocycles.